The smallest absolute Gasteiger partial charge is 0.170 e. The van der Waals surface area contributed by atoms with Crippen LogP contribution < -0.4 is 10.6 Å². The minimum atomic E-state index is 0.230. The fraction of sp³-hybridized carbons (Fsp3) is 0.444. The Morgan fingerprint density at radius 1 is 1.40 bits per heavy atom. The van der Waals surface area contributed by atoms with E-state index in [0.29, 0.717) is 5.84 Å². The number of rotatable bonds is 0. The SMILES string of the molecule is CN1CC2c3c(ncnc31)C(N)=NN2C. The normalized spacial score (nSPS) is 22.8. The number of hydrazone groups is 1. The Bertz CT molecular complexity index is 454. The first-order valence-electron chi connectivity index (χ1n) is 4.82. The zero-order valence-electron chi connectivity index (χ0n) is 8.68. The molecule has 0 saturated carbocycles. The van der Waals surface area contributed by atoms with Crippen LogP contribution in [0.2, 0.25) is 0 Å². The fourth-order valence-electron chi connectivity index (χ4n) is 2.23. The molecule has 0 aliphatic carbocycles. The standard InChI is InChI=1S/C9H12N6/c1-14-3-5-6-7(8(10)13-15(5)2)11-4-12-9(6)14/h4-5H,3H2,1-2H3,(H2,10,13). The Labute approximate surface area is 87.4 Å². The molecule has 0 radical (unpaired) electrons. The van der Waals surface area contributed by atoms with Crippen molar-refractivity contribution in [2.24, 2.45) is 10.8 Å². The van der Waals surface area contributed by atoms with Gasteiger partial charge in [-0.25, -0.2) is 9.97 Å². The van der Waals surface area contributed by atoms with Gasteiger partial charge in [0.1, 0.15) is 17.8 Å². The third kappa shape index (κ3) is 0.958. The van der Waals surface area contributed by atoms with Crippen LogP contribution in [0.1, 0.15) is 17.3 Å². The first-order chi connectivity index (χ1) is 7.18. The minimum absolute atomic E-state index is 0.230. The van der Waals surface area contributed by atoms with Crippen molar-refractivity contribution in [3.63, 3.8) is 0 Å². The van der Waals surface area contributed by atoms with E-state index >= 15 is 0 Å². The molecule has 15 heavy (non-hydrogen) atoms. The summed E-state index contributed by atoms with van der Waals surface area (Å²) in [5.41, 5.74) is 7.73. The van der Waals surface area contributed by atoms with E-state index in [1.54, 1.807) is 6.33 Å². The molecule has 6 nitrogen and oxygen atoms in total. The molecule has 0 fully saturated rings. The number of anilines is 1. The monoisotopic (exact) mass is 204 g/mol. The van der Waals surface area contributed by atoms with Crippen molar-refractivity contribution in [2.75, 3.05) is 25.5 Å². The quantitative estimate of drug-likeness (QED) is 0.619. The van der Waals surface area contributed by atoms with Gasteiger partial charge < -0.3 is 10.6 Å². The highest BCUT2D eigenvalue weighted by Crippen LogP contribution is 2.38. The highest BCUT2D eigenvalue weighted by molar-refractivity contribution is 5.99. The molecule has 3 rings (SSSR count). The van der Waals surface area contributed by atoms with Crippen molar-refractivity contribution < 1.29 is 0 Å². The zero-order valence-corrected chi connectivity index (χ0v) is 8.68. The molecule has 2 N–H and O–H groups in total. The van der Waals surface area contributed by atoms with Gasteiger partial charge in [0.05, 0.1) is 11.6 Å². The summed E-state index contributed by atoms with van der Waals surface area (Å²) in [5.74, 6) is 1.44. The van der Waals surface area contributed by atoms with Gasteiger partial charge in [0, 0.05) is 20.6 Å². The molecule has 0 saturated heterocycles. The van der Waals surface area contributed by atoms with E-state index in [0.717, 1.165) is 23.6 Å². The molecule has 6 heteroatoms. The van der Waals surface area contributed by atoms with E-state index in [-0.39, 0.29) is 6.04 Å². The molecule has 0 aromatic carbocycles. The van der Waals surface area contributed by atoms with E-state index in [1.807, 2.05) is 19.1 Å². The second kappa shape index (κ2) is 2.59. The fourth-order valence-corrected chi connectivity index (χ4v) is 2.23. The van der Waals surface area contributed by atoms with Crippen molar-refractivity contribution in [3.8, 4) is 0 Å². The summed E-state index contributed by atoms with van der Waals surface area (Å²) in [7, 11) is 3.95. The van der Waals surface area contributed by atoms with Crippen LogP contribution in [0.25, 0.3) is 0 Å². The summed E-state index contributed by atoms with van der Waals surface area (Å²) in [6.07, 6.45) is 1.54. The molecule has 1 aromatic heterocycles. The number of nitrogens with two attached hydrogens (primary N) is 1. The summed E-state index contributed by atoms with van der Waals surface area (Å²) in [4.78, 5) is 10.6. The second-order valence-corrected chi connectivity index (χ2v) is 3.91. The van der Waals surface area contributed by atoms with Gasteiger partial charge in [-0.15, -0.1) is 0 Å². The van der Waals surface area contributed by atoms with E-state index in [1.165, 1.54) is 0 Å². The molecule has 3 heterocycles. The van der Waals surface area contributed by atoms with Crippen LogP contribution in [0.15, 0.2) is 11.4 Å². The van der Waals surface area contributed by atoms with Gasteiger partial charge >= 0.3 is 0 Å². The third-order valence-electron chi connectivity index (χ3n) is 2.96. The zero-order chi connectivity index (χ0) is 10.6. The molecular weight excluding hydrogens is 192 g/mol. The van der Waals surface area contributed by atoms with Crippen LogP contribution in [0, 0.1) is 0 Å². The highest BCUT2D eigenvalue weighted by Gasteiger charge is 2.37. The molecule has 2 aliphatic rings. The van der Waals surface area contributed by atoms with Gasteiger partial charge in [-0.2, -0.15) is 5.10 Å². The lowest BCUT2D eigenvalue weighted by Gasteiger charge is -2.26. The molecule has 2 aliphatic heterocycles. The Kier molecular flexibility index (Phi) is 1.46. The summed E-state index contributed by atoms with van der Waals surface area (Å²) in [6, 6.07) is 0.230. The maximum atomic E-state index is 5.84. The lowest BCUT2D eigenvalue weighted by molar-refractivity contribution is 0.264. The van der Waals surface area contributed by atoms with Crippen molar-refractivity contribution in [2.45, 2.75) is 6.04 Å². The first-order valence-corrected chi connectivity index (χ1v) is 4.82. The van der Waals surface area contributed by atoms with E-state index in [4.69, 9.17) is 5.73 Å². The largest absolute Gasteiger partial charge is 0.380 e. The predicted molar refractivity (Wildman–Crippen MR) is 56.5 cm³/mol. The average molecular weight is 204 g/mol. The molecule has 0 amide bonds. The molecule has 1 atom stereocenters. The topological polar surface area (TPSA) is 70.6 Å². The number of aromatic nitrogens is 2. The van der Waals surface area contributed by atoms with Gasteiger partial charge in [0.2, 0.25) is 0 Å². The highest BCUT2D eigenvalue weighted by atomic mass is 15.5. The van der Waals surface area contributed by atoms with E-state index in [2.05, 4.69) is 20.0 Å². The Hall–Kier alpha value is -1.85. The summed E-state index contributed by atoms with van der Waals surface area (Å²) >= 11 is 0. The molecule has 0 spiro atoms. The maximum Gasteiger partial charge on any atom is 0.170 e. The number of nitrogens with zero attached hydrogens (tertiary/aromatic N) is 5. The number of hydrogen-bond donors (Lipinski definition) is 1. The lowest BCUT2D eigenvalue weighted by Crippen LogP contribution is -2.33. The molecular formula is C9H12N6. The van der Waals surface area contributed by atoms with Crippen LogP contribution in [-0.4, -0.2) is 41.5 Å². The lowest BCUT2D eigenvalue weighted by atomic mass is 10.1. The van der Waals surface area contributed by atoms with Gasteiger partial charge in [-0.3, -0.25) is 5.01 Å². The molecule has 1 aromatic rings. The number of amidine groups is 1. The van der Waals surface area contributed by atoms with Gasteiger partial charge in [-0.1, -0.05) is 0 Å². The second-order valence-electron chi connectivity index (χ2n) is 3.91. The summed E-state index contributed by atoms with van der Waals surface area (Å²) in [6.45, 7) is 0.883. The van der Waals surface area contributed by atoms with Gasteiger partial charge in [0.25, 0.3) is 0 Å². The van der Waals surface area contributed by atoms with Crippen LogP contribution in [0.4, 0.5) is 5.82 Å². The van der Waals surface area contributed by atoms with Crippen molar-refractivity contribution in [1.29, 1.82) is 0 Å². The van der Waals surface area contributed by atoms with E-state index < -0.39 is 0 Å². The van der Waals surface area contributed by atoms with Crippen molar-refractivity contribution >= 4 is 11.7 Å². The molecule has 0 bridgehead atoms. The van der Waals surface area contributed by atoms with Crippen molar-refractivity contribution in [1.82, 2.24) is 15.0 Å². The Morgan fingerprint density at radius 2 is 2.20 bits per heavy atom. The summed E-state index contributed by atoms with van der Waals surface area (Å²) < 4.78 is 0. The average Bonchev–Trinajstić information content (AvgIpc) is 2.55. The predicted octanol–water partition coefficient (Wildman–Crippen LogP) is -0.467. The van der Waals surface area contributed by atoms with Crippen LogP contribution in [-0.2, 0) is 0 Å². The van der Waals surface area contributed by atoms with Gasteiger partial charge in [0.15, 0.2) is 5.84 Å². The number of hydrogen-bond acceptors (Lipinski definition) is 6. The third-order valence-corrected chi connectivity index (χ3v) is 2.96. The molecule has 1 unspecified atom stereocenters. The first kappa shape index (κ1) is 8.46. The van der Waals surface area contributed by atoms with Gasteiger partial charge in [-0.05, 0) is 0 Å². The Morgan fingerprint density at radius 3 is 3.00 bits per heavy atom. The van der Waals surface area contributed by atoms with E-state index in [9.17, 15) is 0 Å². The maximum absolute atomic E-state index is 5.84. The minimum Gasteiger partial charge on any atom is -0.380 e. The van der Waals surface area contributed by atoms with Crippen LogP contribution in [0.3, 0.4) is 0 Å². The molecule has 78 valence electrons. The van der Waals surface area contributed by atoms with Crippen molar-refractivity contribution in [3.05, 3.63) is 17.6 Å². The summed E-state index contributed by atoms with van der Waals surface area (Å²) in [5, 5.41) is 6.14. The van der Waals surface area contributed by atoms with Crippen LogP contribution in [0.5, 0.6) is 0 Å². The number of likely N-dealkylation sites (N-methyl/N-ethyl adjacent to an activating group) is 2. The Balaban J connectivity index is 2.28. The van der Waals surface area contributed by atoms with Crippen LogP contribution >= 0.6 is 0 Å².